The smallest absolute Gasteiger partial charge is 0.280 e. The van der Waals surface area contributed by atoms with Gasteiger partial charge < -0.3 is 13.6 Å². The molecule has 1 amide bonds. The van der Waals surface area contributed by atoms with Crippen molar-refractivity contribution in [3.8, 4) is 0 Å². The van der Waals surface area contributed by atoms with Crippen molar-refractivity contribution in [2.75, 3.05) is 11.9 Å². The molecule has 2 N–H and O–H groups in total. The first-order valence-electron chi connectivity index (χ1n) is 12.9. The van der Waals surface area contributed by atoms with E-state index in [1.165, 1.54) is 6.92 Å². The number of anilines is 1. The van der Waals surface area contributed by atoms with Crippen LogP contribution in [0.4, 0.5) is 5.95 Å². The second kappa shape index (κ2) is 9.71. The normalized spacial score (nSPS) is 23.6. The average molecular weight is 552 g/mol. The number of aromatic amines is 1. The summed E-state index contributed by atoms with van der Waals surface area (Å²) in [5.41, 5.74) is -0.610. The highest BCUT2D eigenvalue weighted by molar-refractivity contribution is 6.74. The number of hydrogen-bond donors (Lipinski definition) is 2. The number of H-pyrrole nitrogens is 1. The molecule has 12 heteroatoms. The van der Waals surface area contributed by atoms with Gasteiger partial charge in [0.05, 0.1) is 19.0 Å². The summed E-state index contributed by atoms with van der Waals surface area (Å²) in [5, 5.41) is 2.63. The lowest BCUT2D eigenvalue weighted by Crippen LogP contribution is -2.53. The van der Waals surface area contributed by atoms with E-state index in [2.05, 4.69) is 94.9 Å². The Balaban J connectivity index is 2.01. The van der Waals surface area contributed by atoms with Crippen LogP contribution >= 0.6 is 0 Å². The number of nitrogens with zero attached hydrogens (tertiary/aromatic N) is 3. The summed E-state index contributed by atoms with van der Waals surface area (Å²) >= 11 is 0. The highest BCUT2D eigenvalue weighted by Gasteiger charge is 2.52. The molecule has 0 aliphatic carbocycles. The number of rotatable bonds is 7. The zero-order chi connectivity index (χ0) is 28.2. The van der Waals surface area contributed by atoms with Gasteiger partial charge in [0.15, 0.2) is 27.8 Å². The van der Waals surface area contributed by atoms with Crippen molar-refractivity contribution in [2.24, 2.45) is 0 Å². The van der Waals surface area contributed by atoms with Crippen LogP contribution in [0.25, 0.3) is 11.2 Å². The minimum absolute atomic E-state index is 0.0239. The lowest BCUT2D eigenvalue weighted by atomic mass is 10.0. The monoisotopic (exact) mass is 551 g/mol. The number of hydrogen-bond acceptors (Lipinski definition) is 7. The first-order chi connectivity index (χ1) is 16.7. The van der Waals surface area contributed by atoms with Crippen molar-refractivity contribution < 1.29 is 18.4 Å². The molecule has 3 rings (SSSR count). The number of imidazole rings is 1. The fourth-order valence-corrected chi connectivity index (χ4v) is 6.26. The van der Waals surface area contributed by atoms with Crippen molar-refractivity contribution in [2.45, 2.75) is 116 Å². The number of fused-ring (bicyclic) bond motifs is 1. The van der Waals surface area contributed by atoms with Crippen molar-refractivity contribution in [1.82, 2.24) is 19.5 Å². The second-order valence-electron chi connectivity index (χ2n) is 13.5. The van der Waals surface area contributed by atoms with Gasteiger partial charge in [-0.15, -0.1) is 0 Å². The van der Waals surface area contributed by atoms with Gasteiger partial charge in [0, 0.05) is 13.3 Å². The predicted octanol–water partition coefficient (Wildman–Crippen LogP) is 5.17. The van der Waals surface area contributed by atoms with Crippen LogP contribution in [0, 0.1) is 0 Å². The van der Waals surface area contributed by atoms with E-state index in [1.54, 1.807) is 10.9 Å². The third kappa shape index (κ3) is 6.08. The molecule has 1 aliphatic rings. The van der Waals surface area contributed by atoms with E-state index in [-0.39, 0.29) is 33.6 Å². The lowest BCUT2D eigenvalue weighted by Gasteiger charge is -2.43. The van der Waals surface area contributed by atoms with E-state index >= 15 is 0 Å². The van der Waals surface area contributed by atoms with Crippen LogP contribution in [0.15, 0.2) is 11.1 Å². The Hall–Kier alpha value is -1.87. The van der Waals surface area contributed by atoms with Gasteiger partial charge in [0.1, 0.15) is 11.8 Å². The number of ether oxygens (including phenoxy) is 1. The fraction of sp³-hybridized carbons (Fsp3) is 0.760. The molecule has 1 fully saturated rings. The van der Waals surface area contributed by atoms with Crippen molar-refractivity contribution in [3.05, 3.63) is 16.7 Å². The summed E-state index contributed by atoms with van der Waals surface area (Å²) < 4.78 is 22.1. The van der Waals surface area contributed by atoms with Crippen LogP contribution in [0.2, 0.25) is 36.3 Å². The quantitative estimate of drug-likeness (QED) is 0.456. The van der Waals surface area contributed by atoms with Gasteiger partial charge in [-0.05, 0) is 43.2 Å². The molecule has 208 valence electrons. The van der Waals surface area contributed by atoms with E-state index in [4.69, 9.17) is 13.6 Å². The number of carbonyl (C=O) groups excluding carboxylic acids is 1. The second-order valence-corrected chi connectivity index (χ2v) is 23.0. The number of aromatic nitrogens is 4. The van der Waals surface area contributed by atoms with Gasteiger partial charge in [-0.2, -0.15) is 4.98 Å². The highest BCUT2D eigenvalue weighted by atomic mass is 28.4. The van der Waals surface area contributed by atoms with Crippen LogP contribution in [0.3, 0.4) is 0 Å². The summed E-state index contributed by atoms with van der Waals surface area (Å²) in [4.78, 5) is 35.5. The van der Waals surface area contributed by atoms with Gasteiger partial charge in [-0.3, -0.25) is 24.5 Å². The van der Waals surface area contributed by atoms with Gasteiger partial charge in [-0.1, -0.05) is 41.5 Å². The number of carbonyl (C=O) groups is 1. The number of amides is 1. The molecule has 0 radical (unpaired) electrons. The topological polar surface area (TPSA) is 120 Å². The molecule has 0 unspecified atom stereocenters. The Labute approximate surface area is 222 Å². The summed E-state index contributed by atoms with van der Waals surface area (Å²) in [6.45, 7) is 26.1. The van der Waals surface area contributed by atoms with E-state index < -0.39 is 34.0 Å². The van der Waals surface area contributed by atoms with E-state index in [0.29, 0.717) is 18.7 Å². The Morgan fingerprint density at radius 3 is 2.32 bits per heavy atom. The molecule has 1 aliphatic heterocycles. The summed E-state index contributed by atoms with van der Waals surface area (Å²) in [6.07, 6.45) is 1.43. The minimum Gasteiger partial charge on any atom is -0.414 e. The average Bonchev–Trinajstić information content (AvgIpc) is 3.26. The van der Waals surface area contributed by atoms with Gasteiger partial charge in [0.25, 0.3) is 5.56 Å². The molecule has 0 spiro atoms. The van der Waals surface area contributed by atoms with E-state index in [9.17, 15) is 9.59 Å². The van der Waals surface area contributed by atoms with Crippen molar-refractivity contribution >= 4 is 39.7 Å². The molecule has 3 atom stereocenters. The SMILES string of the molecule is CC(=O)Nc1nc2c(ncn2[C@H]2C[C@H](O[Si](C)(C)C(C)(C)C)[C@@](C)(CO[Si](C)(C)C(C)(C)C)O2)c(=O)[nH]1. The molecule has 10 nitrogen and oxygen atoms in total. The molecular formula is C25H45N5O5Si2. The Morgan fingerprint density at radius 2 is 1.78 bits per heavy atom. The first kappa shape index (κ1) is 29.7. The van der Waals surface area contributed by atoms with Gasteiger partial charge in [0.2, 0.25) is 11.9 Å². The first-order valence-corrected chi connectivity index (χ1v) is 18.7. The minimum atomic E-state index is -2.14. The largest absolute Gasteiger partial charge is 0.414 e. The third-order valence-corrected chi connectivity index (χ3v) is 17.3. The van der Waals surface area contributed by atoms with E-state index in [1.807, 2.05) is 0 Å². The van der Waals surface area contributed by atoms with Gasteiger partial charge in [-0.25, -0.2) is 4.98 Å². The highest BCUT2D eigenvalue weighted by Crippen LogP contribution is 2.46. The molecule has 2 aromatic heterocycles. The predicted molar refractivity (Wildman–Crippen MR) is 151 cm³/mol. The fourth-order valence-electron chi connectivity index (χ4n) is 3.77. The Bertz CT molecular complexity index is 1210. The van der Waals surface area contributed by atoms with Crippen LogP contribution < -0.4 is 10.9 Å². The van der Waals surface area contributed by atoms with Crippen molar-refractivity contribution in [1.29, 1.82) is 0 Å². The Kier molecular flexibility index (Phi) is 7.79. The Morgan fingerprint density at radius 1 is 1.19 bits per heavy atom. The van der Waals surface area contributed by atoms with Gasteiger partial charge >= 0.3 is 0 Å². The molecule has 1 saturated heterocycles. The number of nitrogens with one attached hydrogen (secondary N) is 2. The summed E-state index contributed by atoms with van der Waals surface area (Å²) in [7, 11) is -4.19. The van der Waals surface area contributed by atoms with E-state index in [0.717, 1.165) is 0 Å². The molecule has 3 heterocycles. The standard InChI is InChI=1S/C25H45N5O5Si2/c1-16(31)27-22-28-20-19(21(32)29-22)26-15-30(20)18-13-17(35-37(11,12)24(5,6)7)25(8,34-18)14-33-36(9,10)23(2,3)4/h15,17-18H,13-14H2,1-12H3,(H2,27,28,29,31,32)/t17-,18+,25+/m0/s1. The molecule has 2 aromatic rings. The summed E-state index contributed by atoms with van der Waals surface area (Å²) in [6, 6.07) is 0. The summed E-state index contributed by atoms with van der Waals surface area (Å²) in [5.74, 6) is -0.258. The van der Waals surface area contributed by atoms with Crippen LogP contribution in [-0.2, 0) is 18.4 Å². The van der Waals surface area contributed by atoms with Crippen LogP contribution in [0.1, 0.15) is 68.0 Å². The lowest BCUT2D eigenvalue weighted by molar-refractivity contribution is -0.114. The van der Waals surface area contributed by atoms with Crippen LogP contribution in [-0.4, -0.2) is 60.4 Å². The molecule has 0 bridgehead atoms. The maximum Gasteiger partial charge on any atom is 0.280 e. The van der Waals surface area contributed by atoms with Crippen LogP contribution in [0.5, 0.6) is 0 Å². The molecule has 0 saturated carbocycles. The maximum absolute atomic E-state index is 12.6. The zero-order valence-corrected chi connectivity index (χ0v) is 26.5. The third-order valence-electron chi connectivity index (χ3n) is 8.31. The maximum atomic E-state index is 12.6. The van der Waals surface area contributed by atoms with Crippen molar-refractivity contribution in [3.63, 3.8) is 0 Å². The molecule has 0 aromatic carbocycles. The molecule has 37 heavy (non-hydrogen) atoms. The zero-order valence-electron chi connectivity index (χ0n) is 24.5. The molecular weight excluding hydrogens is 506 g/mol.